The van der Waals surface area contributed by atoms with E-state index in [1.807, 2.05) is 0 Å². The molecular formula is C15H18FNO2. The number of aliphatic hydroxyl groups excluding tert-OH is 1. The van der Waals surface area contributed by atoms with Crippen molar-refractivity contribution in [2.45, 2.75) is 37.8 Å². The molecular weight excluding hydrogens is 245 g/mol. The second kappa shape index (κ2) is 6.48. The number of amides is 1. The van der Waals surface area contributed by atoms with Crippen LogP contribution in [0.15, 0.2) is 30.3 Å². The third-order valence-electron chi connectivity index (χ3n) is 3.35. The maximum atomic E-state index is 12.7. The number of halogens is 1. The van der Waals surface area contributed by atoms with E-state index in [4.69, 9.17) is 0 Å². The minimum atomic E-state index is -0.447. The molecule has 1 aliphatic carbocycles. The Morgan fingerprint density at radius 3 is 2.63 bits per heavy atom. The van der Waals surface area contributed by atoms with Gasteiger partial charge in [0.05, 0.1) is 12.1 Å². The summed E-state index contributed by atoms with van der Waals surface area (Å²) in [4.78, 5) is 11.7. The Hall–Kier alpha value is -1.68. The van der Waals surface area contributed by atoms with Crippen molar-refractivity contribution in [3.63, 3.8) is 0 Å². The van der Waals surface area contributed by atoms with Crippen LogP contribution in [0.4, 0.5) is 4.39 Å². The molecule has 0 bridgehead atoms. The van der Waals surface area contributed by atoms with Crippen LogP contribution < -0.4 is 5.32 Å². The smallest absolute Gasteiger partial charge is 0.244 e. The summed E-state index contributed by atoms with van der Waals surface area (Å²) in [7, 11) is 0. The summed E-state index contributed by atoms with van der Waals surface area (Å²) >= 11 is 0. The van der Waals surface area contributed by atoms with E-state index in [-0.39, 0.29) is 17.8 Å². The van der Waals surface area contributed by atoms with Gasteiger partial charge < -0.3 is 10.4 Å². The standard InChI is InChI=1S/C15H18FNO2/c16-12-8-5-11(6-9-12)7-10-15(19)17-13-3-1-2-4-14(13)18/h5-10,13-14,18H,1-4H2,(H,17,19)/b10-7+. The van der Waals surface area contributed by atoms with Gasteiger partial charge in [0.2, 0.25) is 5.91 Å². The Morgan fingerprint density at radius 1 is 1.26 bits per heavy atom. The number of carbonyl (C=O) groups is 1. The van der Waals surface area contributed by atoms with Gasteiger partial charge in [-0.3, -0.25) is 4.79 Å². The van der Waals surface area contributed by atoms with Gasteiger partial charge in [-0.05, 0) is 36.6 Å². The lowest BCUT2D eigenvalue weighted by atomic mass is 9.92. The van der Waals surface area contributed by atoms with Crippen molar-refractivity contribution in [2.24, 2.45) is 0 Å². The van der Waals surface area contributed by atoms with Crippen molar-refractivity contribution in [1.29, 1.82) is 0 Å². The van der Waals surface area contributed by atoms with Crippen LogP contribution in [0.1, 0.15) is 31.2 Å². The lowest BCUT2D eigenvalue weighted by Crippen LogP contribution is -2.44. The van der Waals surface area contributed by atoms with Crippen LogP contribution in [-0.2, 0) is 4.79 Å². The van der Waals surface area contributed by atoms with Crippen molar-refractivity contribution in [2.75, 3.05) is 0 Å². The molecule has 3 nitrogen and oxygen atoms in total. The Kier molecular flexibility index (Phi) is 4.68. The van der Waals surface area contributed by atoms with Crippen LogP contribution in [0.25, 0.3) is 6.08 Å². The molecule has 1 aromatic carbocycles. The summed E-state index contributed by atoms with van der Waals surface area (Å²) in [6.45, 7) is 0. The van der Waals surface area contributed by atoms with Gasteiger partial charge in [-0.1, -0.05) is 25.0 Å². The fourth-order valence-electron chi connectivity index (χ4n) is 2.26. The van der Waals surface area contributed by atoms with Gasteiger partial charge in [0.25, 0.3) is 0 Å². The Labute approximate surface area is 112 Å². The summed E-state index contributed by atoms with van der Waals surface area (Å²) < 4.78 is 12.7. The zero-order chi connectivity index (χ0) is 13.7. The molecule has 1 amide bonds. The third kappa shape index (κ3) is 4.17. The SMILES string of the molecule is O=C(/C=C/c1ccc(F)cc1)NC1CCCCC1O. The number of nitrogens with one attached hydrogen (secondary N) is 1. The monoisotopic (exact) mass is 263 g/mol. The second-order valence-corrected chi connectivity index (χ2v) is 4.85. The first-order valence-electron chi connectivity index (χ1n) is 6.57. The minimum Gasteiger partial charge on any atom is -0.391 e. The molecule has 0 heterocycles. The molecule has 4 heteroatoms. The Morgan fingerprint density at radius 2 is 1.95 bits per heavy atom. The molecule has 19 heavy (non-hydrogen) atoms. The molecule has 1 aromatic rings. The largest absolute Gasteiger partial charge is 0.391 e. The number of hydrogen-bond donors (Lipinski definition) is 2. The fourth-order valence-corrected chi connectivity index (χ4v) is 2.26. The highest BCUT2D eigenvalue weighted by Gasteiger charge is 2.23. The van der Waals surface area contributed by atoms with E-state index in [1.165, 1.54) is 18.2 Å². The molecule has 102 valence electrons. The quantitative estimate of drug-likeness (QED) is 0.822. The van der Waals surface area contributed by atoms with Crippen LogP contribution >= 0.6 is 0 Å². The van der Waals surface area contributed by atoms with Crippen molar-refractivity contribution >= 4 is 12.0 Å². The summed E-state index contributed by atoms with van der Waals surface area (Å²) in [5.41, 5.74) is 0.765. The summed E-state index contributed by atoms with van der Waals surface area (Å²) in [6.07, 6.45) is 6.20. The van der Waals surface area contributed by atoms with Gasteiger partial charge in [0, 0.05) is 6.08 Å². The van der Waals surface area contributed by atoms with Gasteiger partial charge >= 0.3 is 0 Å². The zero-order valence-corrected chi connectivity index (χ0v) is 10.7. The Bertz CT molecular complexity index is 456. The van der Waals surface area contributed by atoms with Crippen LogP contribution in [0, 0.1) is 5.82 Å². The number of hydrogen-bond acceptors (Lipinski definition) is 2. The molecule has 2 atom stereocenters. The molecule has 0 spiro atoms. The van der Waals surface area contributed by atoms with Crippen LogP contribution in [0.2, 0.25) is 0 Å². The highest BCUT2D eigenvalue weighted by Crippen LogP contribution is 2.18. The number of aliphatic hydroxyl groups is 1. The molecule has 0 aliphatic heterocycles. The van der Waals surface area contributed by atoms with Crippen molar-refractivity contribution < 1.29 is 14.3 Å². The second-order valence-electron chi connectivity index (χ2n) is 4.85. The maximum absolute atomic E-state index is 12.7. The third-order valence-corrected chi connectivity index (χ3v) is 3.35. The van der Waals surface area contributed by atoms with Gasteiger partial charge in [0.1, 0.15) is 5.82 Å². The molecule has 0 saturated heterocycles. The summed E-state index contributed by atoms with van der Waals surface area (Å²) in [5.74, 6) is -0.526. The summed E-state index contributed by atoms with van der Waals surface area (Å²) in [5, 5.41) is 12.6. The molecule has 1 aliphatic rings. The summed E-state index contributed by atoms with van der Waals surface area (Å²) in [6, 6.07) is 5.76. The first-order valence-corrected chi connectivity index (χ1v) is 6.57. The van der Waals surface area contributed by atoms with Gasteiger partial charge in [-0.25, -0.2) is 4.39 Å². The molecule has 2 rings (SSSR count). The van der Waals surface area contributed by atoms with E-state index in [1.54, 1.807) is 18.2 Å². The van der Waals surface area contributed by atoms with E-state index in [2.05, 4.69) is 5.32 Å². The van der Waals surface area contributed by atoms with Gasteiger partial charge in [-0.2, -0.15) is 0 Å². The van der Waals surface area contributed by atoms with E-state index >= 15 is 0 Å². The van der Waals surface area contributed by atoms with Gasteiger partial charge in [0.15, 0.2) is 0 Å². The number of carbonyl (C=O) groups excluding carboxylic acids is 1. The van der Waals surface area contributed by atoms with Crippen LogP contribution in [0.3, 0.4) is 0 Å². The van der Waals surface area contributed by atoms with Crippen LogP contribution in [0.5, 0.6) is 0 Å². The maximum Gasteiger partial charge on any atom is 0.244 e. The average Bonchev–Trinajstić information content (AvgIpc) is 2.41. The molecule has 2 unspecified atom stereocenters. The van der Waals surface area contributed by atoms with Crippen molar-refractivity contribution in [3.05, 3.63) is 41.7 Å². The molecule has 1 fully saturated rings. The molecule has 0 aromatic heterocycles. The predicted octanol–water partition coefficient (Wildman–Crippen LogP) is 2.26. The fraction of sp³-hybridized carbons (Fsp3) is 0.400. The highest BCUT2D eigenvalue weighted by molar-refractivity contribution is 5.91. The van der Waals surface area contributed by atoms with E-state index in [0.29, 0.717) is 0 Å². The van der Waals surface area contributed by atoms with Gasteiger partial charge in [-0.15, -0.1) is 0 Å². The highest BCUT2D eigenvalue weighted by atomic mass is 19.1. The minimum absolute atomic E-state index is 0.154. The van der Waals surface area contributed by atoms with Crippen molar-refractivity contribution in [1.82, 2.24) is 5.32 Å². The van der Waals surface area contributed by atoms with Crippen molar-refractivity contribution in [3.8, 4) is 0 Å². The average molecular weight is 263 g/mol. The molecule has 2 N–H and O–H groups in total. The number of rotatable bonds is 3. The zero-order valence-electron chi connectivity index (χ0n) is 10.7. The Balaban J connectivity index is 1.88. The van der Waals surface area contributed by atoms with E-state index < -0.39 is 6.10 Å². The normalized spacial score (nSPS) is 23.5. The van der Waals surface area contributed by atoms with Crippen LogP contribution in [-0.4, -0.2) is 23.2 Å². The van der Waals surface area contributed by atoms with E-state index in [0.717, 1.165) is 31.2 Å². The lowest BCUT2D eigenvalue weighted by molar-refractivity contribution is -0.118. The predicted molar refractivity (Wildman–Crippen MR) is 71.8 cm³/mol. The molecule has 0 radical (unpaired) electrons. The topological polar surface area (TPSA) is 49.3 Å². The first kappa shape index (κ1) is 13.7. The van der Waals surface area contributed by atoms with E-state index in [9.17, 15) is 14.3 Å². The molecule has 1 saturated carbocycles. The lowest BCUT2D eigenvalue weighted by Gasteiger charge is -2.27. The first-order chi connectivity index (χ1) is 9.15. The number of benzene rings is 1.